The number of nitriles is 1. The fourth-order valence-electron chi connectivity index (χ4n) is 2.83. The third-order valence-corrected chi connectivity index (χ3v) is 5.67. The Morgan fingerprint density at radius 1 is 1.03 bits per heavy atom. The van der Waals surface area contributed by atoms with Crippen LogP contribution in [0.4, 0.5) is 0 Å². The van der Waals surface area contributed by atoms with Gasteiger partial charge in [-0.1, -0.05) is 60.2 Å². The maximum atomic E-state index is 12.4. The Bertz CT molecular complexity index is 1110. The maximum Gasteiger partial charge on any atom is 0.262 e. The number of hydrogen-bond donors (Lipinski definition) is 1. The van der Waals surface area contributed by atoms with Gasteiger partial charge in [0.15, 0.2) is 0 Å². The largest absolute Gasteiger partial charge is 0.487 e. The minimum Gasteiger partial charge on any atom is -0.487 e. The molecule has 3 rings (SSSR count). The molecule has 0 spiro atoms. The van der Waals surface area contributed by atoms with Crippen LogP contribution < -0.4 is 10.1 Å². The van der Waals surface area contributed by atoms with Crippen LogP contribution in [0, 0.1) is 18.3 Å². The van der Waals surface area contributed by atoms with Gasteiger partial charge < -0.3 is 10.1 Å². The highest BCUT2D eigenvalue weighted by atomic mass is 79.9. The Kier molecular flexibility index (Phi) is 8.05. The van der Waals surface area contributed by atoms with Crippen LogP contribution in [0.1, 0.15) is 22.3 Å². The number of amides is 1. The lowest BCUT2D eigenvalue weighted by Gasteiger charge is -2.12. The number of hydrogen-bond acceptors (Lipinski definition) is 3. The molecule has 1 amide bonds. The van der Waals surface area contributed by atoms with Crippen LogP contribution >= 0.6 is 31.9 Å². The SMILES string of the molecule is Cc1ccc(COc2c(Br)cc(/C=C(/C#N)C(=O)NCc3ccccc3)cc2Br)cc1. The summed E-state index contributed by atoms with van der Waals surface area (Å²) in [6, 6.07) is 23.3. The normalized spacial score (nSPS) is 11.0. The van der Waals surface area contributed by atoms with Crippen LogP contribution in [0.25, 0.3) is 6.08 Å². The number of nitrogens with one attached hydrogen (secondary N) is 1. The number of aryl methyl sites for hydroxylation is 1. The predicted octanol–water partition coefficient (Wildman–Crippen LogP) is 6.32. The zero-order chi connectivity index (χ0) is 22.2. The Balaban J connectivity index is 1.71. The van der Waals surface area contributed by atoms with Gasteiger partial charge in [-0.05, 0) is 73.7 Å². The van der Waals surface area contributed by atoms with E-state index in [1.165, 1.54) is 5.56 Å². The molecule has 3 aromatic rings. The van der Waals surface area contributed by atoms with E-state index in [1.807, 2.05) is 79.7 Å². The van der Waals surface area contributed by atoms with Crippen LogP contribution in [0.3, 0.4) is 0 Å². The van der Waals surface area contributed by atoms with Crippen molar-refractivity contribution in [2.45, 2.75) is 20.1 Å². The molecule has 3 aromatic carbocycles. The van der Waals surface area contributed by atoms with E-state index in [2.05, 4.69) is 37.2 Å². The maximum absolute atomic E-state index is 12.4. The summed E-state index contributed by atoms with van der Waals surface area (Å²) >= 11 is 7.05. The Morgan fingerprint density at radius 3 is 2.29 bits per heavy atom. The van der Waals surface area contributed by atoms with Crippen LogP contribution in [-0.4, -0.2) is 5.91 Å². The summed E-state index contributed by atoms with van der Waals surface area (Å²) in [6.45, 7) is 2.83. The Labute approximate surface area is 198 Å². The lowest BCUT2D eigenvalue weighted by Crippen LogP contribution is -2.23. The van der Waals surface area contributed by atoms with Crippen molar-refractivity contribution in [2.24, 2.45) is 0 Å². The molecule has 0 unspecified atom stereocenters. The molecular weight excluding hydrogens is 520 g/mol. The quantitative estimate of drug-likeness (QED) is 0.282. The van der Waals surface area contributed by atoms with Gasteiger partial charge in [0.1, 0.15) is 24.0 Å². The summed E-state index contributed by atoms with van der Waals surface area (Å²) in [5.74, 6) is 0.239. The van der Waals surface area contributed by atoms with Crippen LogP contribution in [-0.2, 0) is 17.9 Å². The second kappa shape index (κ2) is 10.9. The van der Waals surface area contributed by atoms with Gasteiger partial charge in [-0.3, -0.25) is 4.79 Å². The second-order valence-electron chi connectivity index (χ2n) is 6.93. The second-order valence-corrected chi connectivity index (χ2v) is 8.63. The smallest absolute Gasteiger partial charge is 0.262 e. The summed E-state index contributed by atoms with van der Waals surface area (Å²) in [7, 11) is 0. The van der Waals surface area contributed by atoms with Crippen molar-refractivity contribution in [2.75, 3.05) is 0 Å². The molecule has 0 aliphatic rings. The topological polar surface area (TPSA) is 62.1 Å². The molecule has 0 bridgehead atoms. The van der Waals surface area contributed by atoms with E-state index in [1.54, 1.807) is 6.08 Å². The molecule has 156 valence electrons. The number of halogens is 2. The summed E-state index contributed by atoms with van der Waals surface area (Å²) in [5.41, 5.74) is 3.96. The highest BCUT2D eigenvalue weighted by Crippen LogP contribution is 2.36. The fourth-order valence-corrected chi connectivity index (χ4v) is 4.28. The van der Waals surface area contributed by atoms with Gasteiger partial charge >= 0.3 is 0 Å². The first-order valence-electron chi connectivity index (χ1n) is 9.57. The first kappa shape index (κ1) is 22.8. The molecule has 1 N–H and O–H groups in total. The average Bonchev–Trinajstić information content (AvgIpc) is 2.77. The number of benzene rings is 3. The van der Waals surface area contributed by atoms with E-state index >= 15 is 0 Å². The van der Waals surface area contributed by atoms with Gasteiger partial charge in [-0.2, -0.15) is 5.26 Å². The Hall–Kier alpha value is -2.88. The van der Waals surface area contributed by atoms with Crippen LogP contribution in [0.2, 0.25) is 0 Å². The van der Waals surface area contributed by atoms with Gasteiger partial charge in [0.2, 0.25) is 0 Å². The first-order valence-corrected chi connectivity index (χ1v) is 11.2. The van der Waals surface area contributed by atoms with Crippen LogP contribution in [0.5, 0.6) is 5.75 Å². The molecule has 0 aliphatic heterocycles. The van der Waals surface area contributed by atoms with Crippen molar-refractivity contribution >= 4 is 43.8 Å². The third-order valence-electron chi connectivity index (χ3n) is 4.50. The molecule has 31 heavy (non-hydrogen) atoms. The molecule has 0 heterocycles. The third kappa shape index (κ3) is 6.55. The molecule has 0 radical (unpaired) electrons. The molecule has 0 fully saturated rings. The van der Waals surface area contributed by atoms with Gasteiger partial charge in [-0.25, -0.2) is 0 Å². The van der Waals surface area contributed by atoms with E-state index in [0.29, 0.717) is 24.5 Å². The Morgan fingerprint density at radius 2 is 1.68 bits per heavy atom. The lowest BCUT2D eigenvalue weighted by molar-refractivity contribution is -0.117. The zero-order valence-corrected chi connectivity index (χ0v) is 20.0. The van der Waals surface area contributed by atoms with E-state index in [0.717, 1.165) is 20.1 Å². The van der Waals surface area contributed by atoms with Gasteiger partial charge in [-0.15, -0.1) is 0 Å². The number of rotatable bonds is 7. The zero-order valence-electron chi connectivity index (χ0n) is 16.9. The lowest BCUT2D eigenvalue weighted by atomic mass is 10.1. The number of carbonyl (C=O) groups is 1. The molecule has 0 aromatic heterocycles. The van der Waals surface area contributed by atoms with Crippen molar-refractivity contribution in [3.05, 3.63) is 104 Å². The van der Waals surface area contributed by atoms with Crippen molar-refractivity contribution in [1.82, 2.24) is 5.32 Å². The van der Waals surface area contributed by atoms with E-state index in [4.69, 9.17) is 4.74 Å². The molecule has 6 heteroatoms. The summed E-state index contributed by atoms with van der Waals surface area (Å²) in [6.07, 6.45) is 1.56. The van der Waals surface area contributed by atoms with Gasteiger partial charge in [0, 0.05) is 6.54 Å². The number of ether oxygens (including phenoxy) is 1. The van der Waals surface area contributed by atoms with Crippen molar-refractivity contribution < 1.29 is 9.53 Å². The predicted molar refractivity (Wildman–Crippen MR) is 129 cm³/mol. The van der Waals surface area contributed by atoms with Gasteiger partial charge in [0.25, 0.3) is 5.91 Å². The van der Waals surface area contributed by atoms with E-state index in [9.17, 15) is 10.1 Å². The molecule has 0 saturated heterocycles. The summed E-state index contributed by atoms with van der Waals surface area (Å²) in [5, 5.41) is 12.2. The monoisotopic (exact) mass is 538 g/mol. The van der Waals surface area contributed by atoms with Gasteiger partial charge in [0.05, 0.1) is 8.95 Å². The van der Waals surface area contributed by atoms with Crippen LogP contribution in [0.15, 0.2) is 81.2 Å². The summed E-state index contributed by atoms with van der Waals surface area (Å²) < 4.78 is 7.40. The standard InChI is InChI=1S/C25H20Br2N2O2/c1-17-7-9-19(10-8-17)16-31-24-22(26)12-20(13-23(24)27)11-21(14-28)25(30)29-15-18-5-3-2-4-6-18/h2-13H,15-16H2,1H3,(H,29,30)/b21-11-. The van der Waals surface area contributed by atoms with E-state index < -0.39 is 5.91 Å². The molecule has 4 nitrogen and oxygen atoms in total. The molecular formula is C25H20Br2N2O2. The minimum atomic E-state index is -0.418. The van der Waals surface area contributed by atoms with E-state index in [-0.39, 0.29) is 5.57 Å². The van der Waals surface area contributed by atoms with Crippen molar-refractivity contribution in [3.8, 4) is 11.8 Å². The minimum absolute atomic E-state index is 0.0306. The molecule has 0 saturated carbocycles. The first-order chi connectivity index (χ1) is 15.0. The molecule has 0 aliphatic carbocycles. The fraction of sp³-hybridized carbons (Fsp3) is 0.120. The highest BCUT2D eigenvalue weighted by Gasteiger charge is 2.12. The van der Waals surface area contributed by atoms with Crippen molar-refractivity contribution in [3.63, 3.8) is 0 Å². The number of carbonyl (C=O) groups excluding carboxylic acids is 1. The highest BCUT2D eigenvalue weighted by molar-refractivity contribution is 9.11. The average molecular weight is 540 g/mol. The summed E-state index contributed by atoms with van der Waals surface area (Å²) in [4.78, 5) is 12.4. The van der Waals surface area contributed by atoms with Crippen molar-refractivity contribution in [1.29, 1.82) is 5.26 Å². The number of nitrogens with zero attached hydrogens (tertiary/aromatic N) is 1. The molecule has 0 atom stereocenters.